The van der Waals surface area contributed by atoms with Crippen LogP contribution in [0, 0.1) is 0 Å². The number of H-pyrrole nitrogens is 1. The molecule has 0 aromatic carbocycles. The van der Waals surface area contributed by atoms with Gasteiger partial charge in [-0.15, -0.1) is 0 Å². The number of piperidine rings is 1. The van der Waals surface area contributed by atoms with Crippen molar-refractivity contribution < 1.29 is 9.59 Å². The summed E-state index contributed by atoms with van der Waals surface area (Å²) in [5.41, 5.74) is 2.37. The molecule has 3 rings (SSSR count). The number of carbonyl (C=O) groups is 2. The lowest BCUT2D eigenvalue weighted by Gasteiger charge is -2.32. The van der Waals surface area contributed by atoms with Crippen molar-refractivity contribution in [3.63, 3.8) is 0 Å². The van der Waals surface area contributed by atoms with Gasteiger partial charge in [-0.1, -0.05) is 6.58 Å². The van der Waals surface area contributed by atoms with Gasteiger partial charge >= 0.3 is 0 Å². The maximum atomic E-state index is 12.4. The van der Waals surface area contributed by atoms with Crippen LogP contribution in [0.2, 0.25) is 0 Å². The summed E-state index contributed by atoms with van der Waals surface area (Å²) in [6.07, 6.45) is 6.87. The van der Waals surface area contributed by atoms with E-state index in [0.717, 1.165) is 30.3 Å². The predicted octanol–water partition coefficient (Wildman–Crippen LogP) is 2.59. The number of carbonyl (C=O) groups excluding carboxylic acids is 2. The molecule has 0 aliphatic carbocycles. The van der Waals surface area contributed by atoms with E-state index in [0.29, 0.717) is 17.8 Å². The number of hydrogen-bond donors (Lipinski definition) is 2. The lowest BCUT2D eigenvalue weighted by molar-refractivity contribution is -0.127. The highest BCUT2D eigenvalue weighted by Gasteiger charge is 2.24. The van der Waals surface area contributed by atoms with Crippen molar-refractivity contribution in [1.29, 1.82) is 0 Å². The number of likely N-dealkylation sites (tertiary alicyclic amines) is 1. The highest BCUT2D eigenvalue weighted by Crippen LogP contribution is 2.29. The fourth-order valence-electron chi connectivity index (χ4n) is 3.35. The monoisotopic (exact) mass is 340 g/mol. The molecule has 0 radical (unpaired) electrons. The van der Waals surface area contributed by atoms with Crippen LogP contribution in [0.1, 0.15) is 48.5 Å². The van der Waals surface area contributed by atoms with Crippen molar-refractivity contribution >= 4 is 22.8 Å². The molecule has 3 heterocycles. The summed E-state index contributed by atoms with van der Waals surface area (Å²) >= 11 is 0. The molecule has 0 spiro atoms. The summed E-state index contributed by atoms with van der Waals surface area (Å²) in [4.78, 5) is 33.6. The van der Waals surface area contributed by atoms with Crippen LogP contribution in [0.5, 0.6) is 0 Å². The minimum absolute atomic E-state index is 0.0302. The zero-order chi connectivity index (χ0) is 18.0. The average molecular weight is 340 g/mol. The minimum Gasteiger partial charge on any atom is -0.350 e. The van der Waals surface area contributed by atoms with Gasteiger partial charge in [-0.05, 0) is 44.4 Å². The van der Waals surface area contributed by atoms with Gasteiger partial charge in [0, 0.05) is 42.8 Å². The number of pyridine rings is 1. The van der Waals surface area contributed by atoms with E-state index >= 15 is 0 Å². The maximum absolute atomic E-state index is 12.4. The third-order valence-corrected chi connectivity index (χ3v) is 4.60. The van der Waals surface area contributed by atoms with Gasteiger partial charge in [-0.3, -0.25) is 9.59 Å². The summed E-state index contributed by atoms with van der Waals surface area (Å²) in [7, 11) is 0. The molecule has 1 fully saturated rings. The number of hydrogen-bond acceptors (Lipinski definition) is 3. The lowest BCUT2D eigenvalue weighted by Crippen LogP contribution is -2.38. The number of rotatable bonds is 4. The van der Waals surface area contributed by atoms with Gasteiger partial charge in [-0.2, -0.15) is 0 Å². The Morgan fingerprint density at radius 2 is 2.28 bits per heavy atom. The molecule has 132 valence electrons. The third kappa shape index (κ3) is 3.57. The van der Waals surface area contributed by atoms with Crippen molar-refractivity contribution in [2.24, 2.45) is 0 Å². The molecule has 25 heavy (non-hydrogen) atoms. The second-order valence-electron chi connectivity index (χ2n) is 6.82. The van der Waals surface area contributed by atoms with E-state index in [1.165, 1.54) is 6.08 Å². The predicted molar refractivity (Wildman–Crippen MR) is 97.4 cm³/mol. The van der Waals surface area contributed by atoms with E-state index in [4.69, 9.17) is 0 Å². The first kappa shape index (κ1) is 17.2. The maximum Gasteiger partial charge on any atom is 0.253 e. The summed E-state index contributed by atoms with van der Waals surface area (Å²) in [5, 5.41) is 3.74. The van der Waals surface area contributed by atoms with E-state index in [1.54, 1.807) is 6.20 Å². The van der Waals surface area contributed by atoms with Gasteiger partial charge < -0.3 is 15.2 Å². The molecule has 0 bridgehead atoms. The average Bonchev–Trinajstić information content (AvgIpc) is 3.03. The minimum atomic E-state index is -0.104. The van der Waals surface area contributed by atoms with E-state index in [1.807, 2.05) is 31.0 Å². The van der Waals surface area contributed by atoms with E-state index in [9.17, 15) is 9.59 Å². The Bertz CT molecular complexity index is 809. The Morgan fingerprint density at radius 1 is 1.48 bits per heavy atom. The molecule has 2 aromatic heterocycles. The zero-order valence-electron chi connectivity index (χ0n) is 14.7. The van der Waals surface area contributed by atoms with Gasteiger partial charge in [0.1, 0.15) is 5.65 Å². The summed E-state index contributed by atoms with van der Waals surface area (Å²) < 4.78 is 0. The van der Waals surface area contributed by atoms with E-state index in [2.05, 4.69) is 21.9 Å². The van der Waals surface area contributed by atoms with Crippen LogP contribution in [0.25, 0.3) is 11.0 Å². The Kier molecular flexibility index (Phi) is 4.88. The number of amides is 2. The highest BCUT2D eigenvalue weighted by molar-refractivity contribution is 6.06. The number of nitrogens with zero attached hydrogens (tertiary/aromatic N) is 2. The summed E-state index contributed by atoms with van der Waals surface area (Å²) in [5.74, 6) is 0.0927. The van der Waals surface area contributed by atoms with Crippen molar-refractivity contribution in [2.75, 3.05) is 13.1 Å². The quantitative estimate of drug-likeness (QED) is 0.840. The van der Waals surface area contributed by atoms with Crippen LogP contribution in [0.15, 0.2) is 31.1 Å². The molecule has 1 unspecified atom stereocenters. The Labute approximate surface area is 147 Å². The molecule has 1 aliphatic heterocycles. The van der Waals surface area contributed by atoms with Crippen molar-refractivity contribution in [3.8, 4) is 0 Å². The molecular weight excluding hydrogens is 316 g/mol. The normalized spacial score (nSPS) is 17.7. The van der Waals surface area contributed by atoms with E-state index in [-0.39, 0.29) is 23.8 Å². The molecule has 6 heteroatoms. The fraction of sp³-hybridized carbons (Fsp3) is 0.421. The molecule has 1 aliphatic rings. The van der Waals surface area contributed by atoms with Crippen LogP contribution in [-0.4, -0.2) is 45.8 Å². The van der Waals surface area contributed by atoms with Gasteiger partial charge in [0.25, 0.3) is 5.91 Å². The van der Waals surface area contributed by atoms with Crippen molar-refractivity contribution in [1.82, 2.24) is 20.2 Å². The molecule has 1 saturated heterocycles. The molecule has 2 N–H and O–H groups in total. The Hall–Kier alpha value is -2.63. The van der Waals surface area contributed by atoms with Crippen molar-refractivity contribution in [2.45, 2.75) is 38.6 Å². The second kappa shape index (κ2) is 7.09. The fourth-order valence-corrected chi connectivity index (χ4v) is 3.35. The topological polar surface area (TPSA) is 78.1 Å². The van der Waals surface area contributed by atoms with E-state index < -0.39 is 0 Å². The first-order chi connectivity index (χ1) is 12.0. The second-order valence-corrected chi connectivity index (χ2v) is 6.82. The molecule has 2 amide bonds. The van der Waals surface area contributed by atoms with Gasteiger partial charge in [0.15, 0.2) is 0 Å². The molecule has 2 aromatic rings. The SMILES string of the molecule is C=CC(=O)N1CCCC(c2cnc3[nH]cc(C(=O)NC(C)C)c3c2)C1. The largest absolute Gasteiger partial charge is 0.350 e. The highest BCUT2D eigenvalue weighted by atomic mass is 16.2. The van der Waals surface area contributed by atoms with Crippen LogP contribution < -0.4 is 5.32 Å². The first-order valence-electron chi connectivity index (χ1n) is 8.68. The van der Waals surface area contributed by atoms with Crippen LogP contribution in [0.4, 0.5) is 0 Å². The van der Waals surface area contributed by atoms with Gasteiger partial charge in [-0.25, -0.2) is 4.98 Å². The Balaban J connectivity index is 1.88. The van der Waals surface area contributed by atoms with Gasteiger partial charge in [0.2, 0.25) is 5.91 Å². The number of aromatic amines is 1. The molecule has 6 nitrogen and oxygen atoms in total. The van der Waals surface area contributed by atoms with Crippen LogP contribution in [-0.2, 0) is 4.79 Å². The summed E-state index contributed by atoms with van der Waals surface area (Å²) in [6.45, 7) is 8.87. The van der Waals surface area contributed by atoms with Gasteiger partial charge in [0.05, 0.1) is 5.56 Å². The number of nitrogens with one attached hydrogen (secondary N) is 2. The van der Waals surface area contributed by atoms with Crippen LogP contribution >= 0.6 is 0 Å². The Morgan fingerprint density at radius 3 is 3.00 bits per heavy atom. The number of fused-ring (bicyclic) bond motifs is 1. The molecular formula is C19H24N4O2. The van der Waals surface area contributed by atoms with Crippen molar-refractivity contribution in [3.05, 3.63) is 42.2 Å². The number of aromatic nitrogens is 2. The summed E-state index contributed by atoms with van der Waals surface area (Å²) in [6, 6.07) is 2.10. The molecule has 0 saturated carbocycles. The smallest absolute Gasteiger partial charge is 0.253 e. The lowest BCUT2D eigenvalue weighted by atomic mass is 9.91. The first-order valence-corrected chi connectivity index (χ1v) is 8.68. The van der Waals surface area contributed by atoms with Crippen LogP contribution in [0.3, 0.4) is 0 Å². The zero-order valence-corrected chi connectivity index (χ0v) is 14.7. The third-order valence-electron chi connectivity index (χ3n) is 4.60. The standard InChI is InChI=1S/C19H24N4O2/c1-4-17(24)23-7-5-6-13(11-23)14-8-15-16(19(25)22-12(2)3)10-21-18(15)20-9-14/h4,8-10,12-13H,1,5-7,11H2,2-3H3,(H,20,21)(H,22,25). The molecule has 1 atom stereocenters.